The number of phenols is 1. The summed E-state index contributed by atoms with van der Waals surface area (Å²) in [4.78, 5) is 16.4. The number of aromatic amines is 1. The Morgan fingerprint density at radius 2 is 1.80 bits per heavy atom. The fourth-order valence-corrected chi connectivity index (χ4v) is 4.83. The van der Waals surface area contributed by atoms with Crippen LogP contribution in [0.1, 0.15) is 55.5 Å². The van der Waals surface area contributed by atoms with Crippen LogP contribution in [0, 0.1) is 12.3 Å². The van der Waals surface area contributed by atoms with Gasteiger partial charge in [-0.05, 0) is 67.7 Å². The van der Waals surface area contributed by atoms with Crippen LogP contribution >= 0.6 is 0 Å². The minimum absolute atomic E-state index is 0.0264. The molecule has 1 aliphatic carbocycles. The zero-order valence-electron chi connectivity index (χ0n) is 17.8. The van der Waals surface area contributed by atoms with E-state index in [2.05, 4.69) is 55.3 Å². The summed E-state index contributed by atoms with van der Waals surface area (Å²) in [5, 5.41) is 18.0. The molecule has 0 spiro atoms. The zero-order valence-corrected chi connectivity index (χ0v) is 17.8. The molecule has 0 aliphatic heterocycles. The Hall–Kier alpha value is -3.01. The average molecular weight is 401 g/mol. The molecule has 4 heteroatoms. The number of hydrogen-bond donors (Lipinski definition) is 3. The molecule has 154 valence electrons. The van der Waals surface area contributed by atoms with E-state index in [1.165, 1.54) is 10.9 Å². The number of phenolic OH excluding ortho intramolecular Hbond substituents is 1. The molecule has 3 aromatic carbocycles. The summed E-state index contributed by atoms with van der Waals surface area (Å²) in [7, 11) is 0. The maximum atomic E-state index is 12.9. The van der Waals surface area contributed by atoms with Crippen molar-refractivity contribution in [2.24, 2.45) is 5.41 Å². The standard InChI is InChI=1S/C26H28N2O2/c1-15-4-7-22-20(12-15)18-6-5-16-13-21(23(29)14-19(16)24(18)28-22)25(30)27-17-8-10-26(2,3)11-9-17/h4-7,12-14,17,28-29H,8-11H2,1-3H3,(H,27,30). The van der Waals surface area contributed by atoms with Gasteiger partial charge in [0.15, 0.2) is 0 Å². The maximum Gasteiger partial charge on any atom is 0.255 e. The van der Waals surface area contributed by atoms with Gasteiger partial charge in [0.05, 0.1) is 11.1 Å². The predicted molar refractivity (Wildman–Crippen MR) is 123 cm³/mol. The Bertz CT molecular complexity index is 1290. The summed E-state index contributed by atoms with van der Waals surface area (Å²) < 4.78 is 0. The number of aryl methyl sites for hydroxylation is 1. The van der Waals surface area contributed by atoms with E-state index in [0.717, 1.165) is 52.9 Å². The molecule has 4 nitrogen and oxygen atoms in total. The highest BCUT2D eigenvalue weighted by Crippen LogP contribution is 2.36. The molecule has 1 aromatic heterocycles. The topological polar surface area (TPSA) is 65.1 Å². The van der Waals surface area contributed by atoms with Crippen molar-refractivity contribution in [3.63, 3.8) is 0 Å². The lowest BCUT2D eigenvalue weighted by atomic mass is 9.75. The van der Waals surface area contributed by atoms with E-state index >= 15 is 0 Å². The molecule has 30 heavy (non-hydrogen) atoms. The van der Waals surface area contributed by atoms with Crippen LogP contribution in [0.2, 0.25) is 0 Å². The number of fused-ring (bicyclic) bond motifs is 5. The predicted octanol–water partition coefficient (Wildman–Crippen LogP) is 6.19. The third kappa shape index (κ3) is 3.20. The number of nitrogens with one attached hydrogen (secondary N) is 2. The molecule has 0 bridgehead atoms. The monoisotopic (exact) mass is 400 g/mol. The largest absolute Gasteiger partial charge is 0.507 e. The highest BCUT2D eigenvalue weighted by molar-refractivity contribution is 6.18. The Labute approximate surface area is 176 Å². The number of amides is 1. The highest BCUT2D eigenvalue weighted by atomic mass is 16.3. The zero-order chi connectivity index (χ0) is 21.0. The lowest BCUT2D eigenvalue weighted by molar-refractivity contribution is 0.0906. The molecular formula is C26H28N2O2. The number of hydrogen-bond acceptors (Lipinski definition) is 2. The summed E-state index contributed by atoms with van der Waals surface area (Å²) in [6.07, 6.45) is 4.20. The number of H-pyrrole nitrogens is 1. The SMILES string of the molecule is Cc1ccc2[nH]c3c4cc(O)c(C(=O)NC5CCC(C)(C)CC5)cc4ccc3c2c1. The summed E-state index contributed by atoms with van der Waals surface area (Å²) in [6, 6.07) is 14.2. The third-order valence-electron chi connectivity index (χ3n) is 6.78. The molecule has 0 radical (unpaired) electrons. The van der Waals surface area contributed by atoms with Crippen LogP contribution in [0.4, 0.5) is 0 Å². The Morgan fingerprint density at radius 3 is 2.57 bits per heavy atom. The van der Waals surface area contributed by atoms with Gasteiger partial charge in [0.2, 0.25) is 0 Å². The van der Waals surface area contributed by atoms with Gasteiger partial charge in [-0.2, -0.15) is 0 Å². The van der Waals surface area contributed by atoms with Crippen molar-refractivity contribution in [2.45, 2.75) is 52.5 Å². The quantitative estimate of drug-likeness (QED) is 0.376. The van der Waals surface area contributed by atoms with E-state index in [4.69, 9.17) is 0 Å². The number of benzene rings is 3. The molecule has 1 fully saturated rings. The molecular weight excluding hydrogens is 372 g/mol. The number of carbonyl (C=O) groups excluding carboxylic acids is 1. The van der Waals surface area contributed by atoms with E-state index in [1.807, 2.05) is 12.1 Å². The van der Waals surface area contributed by atoms with Crippen LogP contribution in [-0.2, 0) is 0 Å². The minimum Gasteiger partial charge on any atom is -0.507 e. The van der Waals surface area contributed by atoms with E-state index in [-0.39, 0.29) is 17.7 Å². The van der Waals surface area contributed by atoms with Crippen LogP contribution in [-0.4, -0.2) is 22.0 Å². The number of aromatic nitrogens is 1. The maximum absolute atomic E-state index is 12.9. The van der Waals surface area contributed by atoms with Crippen molar-refractivity contribution in [1.29, 1.82) is 0 Å². The van der Waals surface area contributed by atoms with Gasteiger partial charge in [-0.15, -0.1) is 0 Å². The molecule has 4 aromatic rings. The first-order chi connectivity index (χ1) is 14.3. The van der Waals surface area contributed by atoms with Crippen molar-refractivity contribution in [3.05, 3.63) is 53.6 Å². The van der Waals surface area contributed by atoms with Crippen LogP contribution in [0.15, 0.2) is 42.5 Å². The second-order valence-electron chi connectivity index (χ2n) is 9.66. The second kappa shape index (κ2) is 6.76. The molecule has 5 rings (SSSR count). The highest BCUT2D eigenvalue weighted by Gasteiger charge is 2.28. The molecule has 1 saturated carbocycles. The molecule has 3 N–H and O–H groups in total. The fourth-order valence-electron chi connectivity index (χ4n) is 4.83. The van der Waals surface area contributed by atoms with Crippen molar-refractivity contribution in [2.75, 3.05) is 0 Å². The Kier molecular flexibility index (Phi) is 4.28. The first-order valence-electron chi connectivity index (χ1n) is 10.8. The van der Waals surface area contributed by atoms with Crippen LogP contribution in [0.3, 0.4) is 0 Å². The van der Waals surface area contributed by atoms with Gasteiger partial charge in [-0.25, -0.2) is 0 Å². The minimum atomic E-state index is -0.188. The lowest BCUT2D eigenvalue weighted by Crippen LogP contribution is -2.39. The van der Waals surface area contributed by atoms with Crippen molar-refractivity contribution in [1.82, 2.24) is 10.3 Å². The van der Waals surface area contributed by atoms with Crippen molar-refractivity contribution in [3.8, 4) is 5.75 Å². The number of carbonyl (C=O) groups is 1. The van der Waals surface area contributed by atoms with Crippen LogP contribution in [0.5, 0.6) is 5.75 Å². The van der Waals surface area contributed by atoms with Gasteiger partial charge in [-0.1, -0.05) is 37.6 Å². The molecule has 0 atom stereocenters. The molecule has 0 saturated heterocycles. The molecule has 1 amide bonds. The van der Waals surface area contributed by atoms with Crippen LogP contribution < -0.4 is 5.32 Å². The second-order valence-corrected chi connectivity index (χ2v) is 9.66. The molecule has 1 aliphatic rings. The summed E-state index contributed by atoms with van der Waals surface area (Å²) in [5.41, 5.74) is 3.98. The van der Waals surface area contributed by atoms with Gasteiger partial charge >= 0.3 is 0 Å². The van der Waals surface area contributed by atoms with Crippen LogP contribution in [0.25, 0.3) is 32.6 Å². The Balaban J connectivity index is 1.51. The summed E-state index contributed by atoms with van der Waals surface area (Å²) in [6.45, 7) is 6.65. The van der Waals surface area contributed by atoms with E-state index < -0.39 is 0 Å². The molecule has 0 unspecified atom stereocenters. The fraction of sp³-hybridized carbons (Fsp3) is 0.346. The van der Waals surface area contributed by atoms with Gasteiger partial charge in [0.25, 0.3) is 5.91 Å². The third-order valence-corrected chi connectivity index (χ3v) is 6.78. The first-order valence-corrected chi connectivity index (χ1v) is 10.8. The Morgan fingerprint density at radius 1 is 1.03 bits per heavy atom. The van der Waals surface area contributed by atoms with E-state index in [9.17, 15) is 9.90 Å². The number of aromatic hydroxyl groups is 1. The summed E-state index contributed by atoms with van der Waals surface area (Å²) in [5.74, 6) is -0.162. The van der Waals surface area contributed by atoms with Crippen molar-refractivity contribution >= 4 is 38.5 Å². The van der Waals surface area contributed by atoms with E-state index in [1.54, 1.807) is 6.07 Å². The smallest absolute Gasteiger partial charge is 0.255 e. The molecule has 1 heterocycles. The average Bonchev–Trinajstić information content (AvgIpc) is 3.07. The number of rotatable bonds is 2. The van der Waals surface area contributed by atoms with Crippen molar-refractivity contribution < 1.29 is 9.90 Å². The van der Waals surface area contributed by atoms with Gasteiger partial charge in [0, 0.05) is 27.7 Å². The normalized spacial score (nSPS) is 17.0. The van der Waals surface area contributed by atoms with Gasteiger partial charge < -0.3 is 15.4 Å². The van der Waals surface area contributed by atoms with E-state index in [0.29, 0.717) is 11.0 Å². The lowest BCUT2D eigenvalue weighted by Gasteiger charge is -2.34. The summed E-state index contributed by atoms with van der Waals surface area (Å²) >= 11 is 0. The van der Waals surface area contributed by atoms with Gasteiger partial charge in [-0.3, -0.25) is 4.79 Å². The van der Waals surface area contributed by atoms with Gasteiger partial charge in [0.1, 0.15) is 5.75 Å². The first kappa shape index (κ1) is 19.0.